The summed E-state index contributed by atoms with van der Waals surface area (Å²) in [6.45, 7) is 5.10. The van der Waals surface area contributed by atoms with Crippen LogP contribution in [0.3, 0.4) is 0 Å². The van der Waals surface area contributed by atoms with E-state index in [9.17, 15) is 22.4 Å². The second kappa shape index (κ2) is 9.11. The molecule has 5 nitrogen and oxygen atoms in total. The van der Waals surface area contributed by atoms with Crippen molar-refractivity contribution in [3.8, 4) is 16.9 Å². The molecule has 1 aromatic heterocycles. The van der Waals surface area contributed by atoms with Crippen LogP contribution in [0.25, 0.3) is 11.1 Å². The van der Waals surface area contributed by atoms with Crippen molar-refractivity contribution in [2.45, 2.75) is 39.2 Å². The number of hydrogen-bond donors (Lipinski definition) is 1. The lowest BCUT2D eigenvalue weighted by Crippen LogP contribution is -2.41. The summed E-state index contributed by atoms with van der Waals surface area (Å²) in [7, 11) is 0. The number of nitrogens with zero attached hydrogens (tertiary/aromatic N) is 1. The zero-order valence-electron chi connectivity index (χ0n) is 16.2. The van der Waals surface area contributed by atoms with Crippen LogP contribution in [0.1, 0.15) is 39.3 Å². The Morgan fingerprint density at radius 3 is 2.48 bits per heavy atom. The number of halogens is 4. The SMILES string of the molecule is CC(C)CC(C)(COc1cc(F)c(-c2ccnc(C(F)F)c2)cc1F)OC(N)=O. The Balaban J connectivity index is 2.27. The van der Waals surface area contributed by atoms with Crippen molar-refractivity contribution < 1.29 is 31.8 Å². The fourth-order valence-electron chi connectivity index (χ4n) is 3.06. The van der Waals surface area contributed by atoms with Gasteiger partial charge in [-0.05, 0) is 43.0 Å². The standard InChI is InChI=1S/C20H22F4N2O3/c1-11(2)9-20(3,29-19(25)27)10-28-17-8-14(21)13(7-15(17)22)12-4-5-26-16(6-12)18(23)24/h4-8,11,18H,9-10H2,1-3H3,(H2,25,27). The zero-order chi connectivity index (χ0) is 21.8. The summed E-state index contributed by atoms with van der Waals surface area (Å²) in [5.41, 5.74) is 3.24. The number of ether oxygens (including phenoxy) is 2. The summed E-state index contributed by atoms with van der Waals surface area (Å²) in [4.78, 5) is 14.7. The molecule has 0 fully saturated rings. The first-order valence-electron chi connectivity index (χ1n) is 8.85. The van der Waals surface area contributed by atoms with Crippen LogP contribution in [-0.4, -0.2) is 23.3 Å². The summed E-state index contributed by atoms with van der Waals surface area (Å²) >= 11 is 0. The van der Waals surface area contributed by atoms with Gasteiger partial charge in [0.2, 0.25) is 0 Å². The third-order valence-corrected chi connectivity index (χ3v) is 4.06. The van der Waals surface area contributed by atoms with E-state index in [1.54, 1.807) is 6.92 Å². The molecule has 158 valence electrons. The molecule has 1 atom stereocenters. The first-order valence-corrected chi connectivity index (χ1v) is 8.85. The van der Waals surface area contributed by atoms with Crippen molar-refractivity contribution in [3.05, 3.63) is 47.8 Å². The van der Waals surface area contributed by atoms with Gasteiger partial charge in [0.15, 0.2) is 11.6 Å². The maximum atomic E-state index is 14.5. The van der Waals surface area contributed by atoms with Crippen molar-refractivity contribution in [3.63, 3.8) is 0 Å². The van der Waals surface area contributed by atoms with Crippen LogP contribution in [0.15, 0.2) is 30.5 Å². The molecule has 0 aliphatic carbocycles. The molecule has 2 aromatic rings. The van der Waals surface area contributed by atoms with Gasteiger partial charge in [0, 0.05) is 17.8 Å². The number of hydrogen-bond acceptors (Lipinski definition) is 4. The van der Waals surface area contributed by atoms with Gasteiger partial charge in [-0.15, -0.1) is 0 Å². The van der Waals surface area contributed by atoms with E-state index in [1.807, 2.05) is 13.8 Å². The average molecular weight is 414 g/mol. The van der Waals surface area contributed by atoms with Gasteiger partial charge in [0.1, 0.15) is 23.7 Å². The Kier molecular flexibility index (Phi) is 7.05. The van der Waals surface area contributed by atoms with Crippen molar-refractivity contribution in [1.82, 2.24) is 4.98 Å². The minimum atomic E-state index is -2.84. The second-order valence-corrected chi connectivity index (χ2v) is 7.29. The fraction of sp³-hybridized carbons (Fsp3) is 0.400. The Labute approximate surface area is 165 Å². The van der Waals surface area contributed by atoms with E-state index >= 15 is 0 Å². The highest BCUT2D eigenvalue weighted by Gasteiger charge is 2.31. The van der Waals surface area contributed by atoms with Crippen LogP contribution in [0.4, 0.5) is 22.4 Å². The van der Waals surface area contributed by atoms with Gasteiger partial charge in [-0.25, -0.2) is 22.4 Å². The number of rotatable bonds is 8. The molecule has 0 spiro atoms. The molecule has 1 amide bonds. The summed E-state index contributed by atoms with van der Waals surface area (Å²) < 4.78 is 65.1. The van der Waals surface area contributed by atoms with E-state index in [-0.39, 0.29) is 23.7 Å². The maximum absolute atomic E-state index is 14.5. The van der Waals surface area contributed by atoms with Gasteiger partial charge in [-0.1, -0.05) is 13.8 Å². The molecule has 2 rings (SSSR count). The van der Waals surface area contributed by atoms with Crippen LogP contribution in [0.2, 0.25) is 0 Å². The second-order valence-electron chi connectivity index (χ2n) is 7.29. The van der Waals surface area contributed by atoms with Gasteiger partial charge in [-0.3, -0.25) is 4.98 Å². The van der Waals surface area contributed by atoms with Crippen molar-refractivity contribution in [2.24, 2.45) is 11.7 Å². The van der Waals surface area contributed by atoms with Crippen molar-refractivity contribution >= 4 is 6.09 Å². The monoisotopic (exact) mass is 414 g/mol. The van der Waals surface area contributed by atoms with Gasteiger partial charge >= 0.3 is 6.09 Å². The van der Waals surface area contributed by atoms with E-state index in [0.717, 1.165) is 24.4 Å². The van der Waals surface area contributed by atoms with Crippen LogP contribution < -0.4 is 10.5 Å². The number of carbonyl (C=O) groups excluding carboxylic acids is 1. The first-order chi connectivity index (χ1) is 13.5. The summed E-state index contributed by atoms with van der Waals surface area (Å²) in [5, 5.41) is 0. The Bertz CT molecular complexity index is 877. The minimum Gasteiger partial charge on any atom is -0.486 e. The highest BCUT2D eigenvalue weighted by atomic mass is 19.3. The highest BCUT2D eigenvalue weighted by molar-refractivity contribution is 5.66. The lowest BCUT2D eigenvalue weighted by molar-refractivity contribution is -0.0194. The van der Waals surface area contributed by atoms with E-state index in [4.69, 9.17) is 15.2 Å². The Hall–Kier alpha value is -2.84. The lowest BCUT2D eigenvalue weighted by Gasteiger charge is -2.30. The molecule has 0 saturated heterocycles. The number of nitrogens with two attached hydrogens (primary N) is 1. The van der Waals surface area contributed by atoms with Crippen LogP contribution in [0, 0.1) is 17.6 Å². The Morgan fingerprint density at radius 2 is 1.90 bits per heavy atom. The molecule has 0 bridgehead atoms. The predicted molar refractivity (Wildman–Crippen MR) is 98.6 cm³/mol. The number of alkyl halides is 2. The lowest BCUT2D eigenvalue weighted by atomic mass is 9.95. The molecular weight excluding hydrogens is 392 g/mol. The van der Waals surface area contributed by atoms with Crippen molar-refractivity contribution in [1.29, 1.82) is 0 Å². The fourth-order valence-corrected chi connectivity index (χ4v) is 3.06. The van der Waals surface area contributed by atoms with Crippen LogP contribution >= 0.6 is 0 Å². The van der Waals surface area contributed by atoms with Gasteiger partial charge in [0.05, 0.1) is 0 Å². The predicted octanol–water partition coefficient (Wildman–Crippen LogP) is 5.24. The van der Waals surface area contributed by atoms with Gasteiger partial charge in [0.25, 0.3) is 6.43 Å². The third kappa shape index (κ3) is 6.07. The normalized spacial score (nSPS) is 13.4. The number of carbonyl (C=O) groups is 1. The quantitative estimate of drug-likeness (QED) is 0.599. The molecule has 0 saturated carbocycles. The van der Waals surface area contributed by atoms with E-state index in [2.05, 4.69) is 4.98 Å². The molecule has 0 aliphatic heterocycles. The molecule has 1 heterocycles. The minimum absolute atomic E-state index is 0.0555. The number of pyridine rings is 1. The molecule has 29 heavy (non-hydrogen) atoms. The van der Waals surface area contributed by atoms with E-state index in [0.29, 0.717) is 6.42 Å². The largest absolute Gasteiger partial charge is 0.486 e. The average Bonchev–Trinajstić information content (AvgIpc) is 2.60. The topological polar surface area (TPSA) is 74.4 Å². The number of primary amides is 1. The van der Waals surface area contributed by atoms with E-state index in [1.165, 1.54) is 6.07 Å². The molecule has 0 radical (unpaired) electrons. The van der Waals surface area contributed by atoms with Crippen LogP contribution in [0.5, 0.6) is 5.75 Å². The Morgan fingerprint density at radius 1 is 1.21 bits per heavy atom. The van der Waals surface area contributed by atoms with Crippen molar-refractivity contribution in [2.75, 3.05) is 6.61 Å². The van der Waals surface area contributed by atoms with E-state index < -0.39 is 41.2 Å². The maximum Gasteiger partial charge on any atom is 0.405 e. The van der Waals surface area contributed by atoms with Gasteiger partial charge < -0.3 is 15.2 Å². The molecule has 9 heteroatoms. The smallest absolute Gasteiger partial charge is 0.405 e. The van der Waals surface area contributed by atoms with Gasteiger partial charge in [-0.2, -0.15) is 0 Å². The summed E-state index contributed by atoms with van der Waals surface area (Å²) in [5.74, 6) is -2.06. The molecule has 2 N–H and O–H groups in total. The first kappa shape index (κ1) is 22.4. The number of amides is 1. The molecule has 1 unspecified atom stereocenters. The molecule has 1 aromatic carbocycles. The molecule has 0 aliphatic rings. The third-order valence-electron chi connectivity index (χ3n) is 4.06. The zero-order valence-corrected chi connectivity index (χ0v) is 16.2. The highest BCUT2D eigenvalue weighted by Crippen LogP contribution is 2.32. The summed E-state index contributed by atoms with van der Waals surface area (Å²) in [6.07, 6.45) is -2.37. The number of aromatic nitrogens is 1. The molecular formula is C20H22F4N2O3. The summed E-state index contributed by atoms with van der Waals surface area (Å²) in [6, 6.07) is 3.95. The number of benzene rings is 1. The van der Waals surface area contributed by atoms with Crippen LogP contribution in [-0.2, 0) is 4.74 Å².